The minimum absolute atomic E-state index is 0.108. The van der Waals surface area contributed by atoms with E-state index in [9.17, 15) is 26.8 Å². The Morgan fingerprint density at radius 3 is 2.33 bits per heavy atom. The van der Waals surface area contributed by atoms with Crippen LogP contribution in [0.25, 0.3) is 10.9 Å². The summed E-state index contributed by atoms with van der Waals surface area (Å²) in [6, 6.07) is 12.9. The van der Waals surface area contributed by atoms with Crippen molar-refractivity contribution in [3.05, 3.63) is 89.6 Å². The summed E-state index contributed by atoms with van der Waals surface area (Å²) in [6.07, 6.45) is 5.57. The summed E-state index contributed by atoms with van der Waals surface area (Å²) in [5.74, 6) is -2.74. The molecule has 1 atom stereocenters. The van der Waals surface area contributed by atoms with E-state index < -0.39 is 32.3 Å². The van der Waals surface area contributed by atoms with Crippen LogP contribution in [0.5, 0.6) is 0 Å². The average molecular weight is 594 g/mol. The number of sulfone groups is 1. The van der Waals surface area contributed by atoms with Crippen molar-refractivity contribution >= 4 is 32.6 Å². The lowest BCUT2D eigenvalue weighted by molar-refractivity contribution is 0.0704. The molecule has 218 valence electrons. The van der Waals surface area contributed by atoms with Gasteiger partial charge in [0.05, 0.1) is 32.6 Å². The lowest BCUT2D eigenvalue weighted by atomic mass is 10.0. The van der Waals surface area contributed by atoms with Crippen LogP contribution in [0.3, 0.4) is 0 Å². The Bertz CT molecular complexity index is 1770. The molecule has 2 fully saturated rings. The Morgan fingerprint density at radius 2 is 1.60 bits per heavy atom. The molecule has 2 aliphatic rings. The van der Waals surface area contributed by atoms with E-state index in [0.29, 0.717) is 29.1 Å². The van der Waals surface area contributed by atoms with Gasteiger partial charge in [0.2, 0.25) is 9.84 Å². The van der Waals surface area contributed by atoms with E-state index in [0.717, 1.165) is 44.6 Å². The number of amides is 2. The molecule has 0 unspecified atom stereocenters. The Balaban J connectivity index is 1.23. The van der Waals surface area contributed by atoms with E-state index >= 15 is 0 Å². The van der Waals surface area contributed by atoms with Crippen molar-refractivity contribution in [2.45, 2.75) is 41.5 Å². The highest BCUT2D eigenvalue weighted by Gasteiger charge is 2.33. The largest absolute Gasteiger partial charge is 0.334 e. The second-order valence-electron chi connectivity index (χ2n) is 10.7. The van der Waals surface area contributed by atoms with Crippen LogP contribution in [0.15, 0.2) is 76.7 Å². The zero-order valence-corrected chi connectivity index (χ0v) is 23.5. The summed E-state index contributed by atoms with van der Waals surface area (Å²) in [6.45, 7) is 3.58. The van der Waals surface area contributed by atoms with Gasteiger partial charge in [0, 0.05) is 30.6 Å². The van der Waals surface area contributed by atoms with Gasteiger partial charge >= 0.3 is 0 Å². The lowest BCUT2D eigenvalue weighted by Crippen LogP contribution is -2.43. The van der Waals surface area contributed by atoms with Crippen LogP contribution in [0, 0.1) is 11.6 Å². The molecule has 9 nitrogen and oxygen atoms in total. The SMILES string of the molecule is O=C(Nn1ncc2cc(S(=O)(=O)c3cc(F)cc(F)c3)ccc21)c1ccccc1C(=O)N1CCC[C@@H]1CN1CCCC1. The maximum atomic E-state index is 13.7. The number of aromatic nitrogens is 2. The molecule has 0 aliphatic carbocycles. The molecule has 2 aliphatic heterocycles. The van der Waals surface area contributed by atoms with Crippen LogP contribution >= 0.6 is 0 Å². The fraction of sp³-hybridized carbons (Fsp3) is 0.300. The van der Waals surface area contributed by atoms with Gasteiger partial charge < -0.3 is 9.80 Å². The Kier molecular flexibility index (Phi) is 7.50. The number of likely N-dealkylation sites (tertiary alicyclic amines) is 2. The van der Waals surface area contributed by atoms with Gasteiger partial charge in [0.15, 0.2) is 0 Å². The van der Waals surface area contributed by atoms with Crippen LogP contribution in [-0.2, 0) is 9.84 Å². The molecular weight excluding hydrogens is 564 g/mol. The topological polar surface area (TPSA) is 105 Å². The number of hydrogen-bond acceptors (Lipinski definition) is 6. The van der Waals surface area contributed by atoms with Crippen LogP contribution < -0.4 is 5.43 Å². The van der Waals surface area contributed by atoms with Crippen LogP contribution in [0.1, 0.15) is 46.4 Å². The Hall–Kier alpha value is -4.16. The highest BCUT2D eigenvalue weighted by atomic mass is 32.2. The minimum atomic E-state index is -4.22. The van der Waals surface area contributed by atoms with Crippen molar-refractivity contribution < 1.29 is 26.8 Å². The summed E-state index contributed by atoms with van der Waals surface area (Å²) in [4.78, 5) is 31.8. The van der Waals surface area contributed by atoms with E-state index in [-0.39, 0.29) is 22.4 Å². The quantitative estimate of drug-likeness (QED) is 0.344. The molecule has 12 heteroatoms. The van der Waals surface area contributed by atoms with Crippen LogP contribution in [0.2, 0.25) is 0 Å². The fourth-order valence-electron chi connectivity index (χ4n) is 5.82. The highest BCUT2D eigenvalue weighted by Crippen LogP contribution is 2.27. The molecule has 1 N–H and O–H groups in total. The summed E-state index contributed by atoms with van der Waals surface area (Å²) >= 11 is 0. The predicted octanol–water partition coefficient (Wildman–Crippen LogP) is 4.23. The first kappa shape index (κ1) is 28.0. The number of carbonyl (C=O) groups is 2. The van der Waals surface area contributed by atoms with Crippen molar-refractivity contribution in [1.82, 2.24) is 19.7 Å². The molecule has 0 saturated carbocycles. The summed E-state index contributed by atoms with van der Waals surface area (Å²) < 4.78 is 53.4. The van der Waals surface area contributed by atoms with Crippen molar-refractivity contribution in [2.24, 2.45) is 0 Å². The van der Waals surface area contributed by atoms with Gasteiger partial charge in [-0.3, -0.25) is 9.59 Å². The van der Waals surface area contributed by atoms with Gasteiger partial charge in [-0.25, -0.2) is 22.6 Å². The smallest absolute Gasteiger partial charge is 0.272 e. The third kappa shape index (κ3) is 5.39. The maximum Gasteiger partial charge on any atom is 0.272 e. The third-order valence-electron chi connectivity index (χ3n) is 7.91. The summed E-state index contributed by atoms with van der Waals surface area (Å²) in [7, 11) is -4.22. The summed E-state index contributed by atoms with van der Waals surface area (Å²) in [5, 5.41) is 4.55. The van der Waals surface area contributed by atoms with E-state index in [1.54, 1.807) is 24.3 Å². The zero-order valence-electron chi connectivity index (χ0n) is 22.7. The minimum Gasteiger partial charge on any atom is -0.334 e. The average Bonchev–Trinajstić information content (AvgIpc) is 3.74. The first-order valence-electron chi connectivity index (χ1n) is 13.8. The van der Waals surface area contributed by atoms with Crippen molar-refractivity contribution in [3.8, 4) is 0 Å². The molecule has 2 amide bonds. The molecule has 0 spiro atoms. The lowest BCUT2D eigenvalue weighted by Gasteiger charge is -2.29. The van der Waals surface area contributed by atoms with E-state index in [1.807, 2.05) is 4.90 Å². The number of rotatable bonds is 7. The van der Waals surface area contributed by atoms with Gasteiger partial charge in [-0.1, -0.05) is 12.1 Å². The number of benzene rings is 3. The number of carbonyl (C=O) groups excluding carboxylic acids is 2. The Morgan fingerprint density at radius 1 is 0.881 bits per heavy atom. The van der Waals surface area contributed by atoms with Gasteiger partial charge in [0.25, 0.3) is 11.8 Å². The van der Waals surface area contributed by atoms with E-state index in [4.69, 9.17) is 0 Å². The number of nitrogens with zero attached hydrogens (tertiary/aromatic N) is 4. The first-order chi connectivity index (χ1) is 20.2. The summed E-state index contributed by atoms with van der Waals surface area (Å²) in [5.41, 5.74) is 3.57. The van der Waals surface area contributed by atoms with Crippen molar-refractivity contribution in [1.29, 1.82) is 0 Å². The monoisotopic (exact) mass is 593 g/mol. The molecule has 2 saturated heterocycles. The van der Waals surface area contributed by atoms with Gasteiger partial charge in [-0.05, 0) is 81.2 Å². The van der Waals surface area contributed by atoms with Crippen LogP contribution in [-0.4, -0.2) is 72.1 Å². The highest BCUT2D eigenvalue weighted by molar-refractivity contribution is 7.91. The molecule has 42 heavy (non-hydrogen) atoms. The van der Waals surface area contributed by atoms with Gasteiger partial charge in [-0.2, -0.15) is 9.89 Å². The number of fused-ring (bicyclic) bond motifs is 1. The molecule has 3 aromatic carbocycles. The van der Waals surface area contributed by atoms with E-state index in [2.05, 4.69) is 15.4 Å². The number of nitrogens with one attached hydrogen (secondary N) is 1. The molecule has 0 radical (unpaired) electrons. The second kappa shape index (κ2) is 11.3. The molecule has 4 aromatic rings. The zero-order chi connectivity index (χ0) is 29.4. The maximum absolute atomic E-state index is 13.7. The predicted molar refractivity (Wildman–Crippen MR) is 151 cm³/mol. The van der Waals surface area contributed by atoms with E-state index in [1.165, 1.54) is 42.0 Å². The molecule has 6 rings (SSSR count). The molecule has 1 aromatic heterocycles. The molecular formula is C30H29F2N5O4S. The Labute approximate surface area is 241 Å². The second-order valence-corrected chi connectivity index (χ2v) is 12.6. The van der Waals surface area contributed by atoms with Crippen molar-refractivity contribution in [2.75, 3.05) is 31.6 Å². The van der Waals surface area contributed by atoms with Gasteiger partial charge in [0.1, 0.15) is 11.6 Å². The normalized spacial score (nSPS) is 17.7. The molecule has 0 bridgehead atoms. The first-order valence-corrected chi connectivity index (χ1v) is 15.3. The third-order valence-corrected chi connectivity index (χ3v) is 9.64. The fourth-order valence-corrected chi connectivity index (χ4v) is 7.16. The number of hydrogen-bond donors (Lipinski definition) is 1. The van der Waals surface area contributed by atoms with Crippen LogP contribution in [0.4, 0.5) is 8.78 Å². The van der Waals surface area contributed by atoms with Gasteiger partial charge in [-0.15, -0.1) is 0 Å². The standard InChI is InChI=1S/C30H29F2N5O4S/c31-21-15-22(32)17-25(16-21)42(40,41)24-9-10-28-20(14-24)18-33-37(28)34-29(38)26-7-1-2-8-27(26)30(39)36-13-5-6-23(36)19-35-11-3-4-12-35/h1-2,7-10,14-18,23H,3-6,11-13,19H2,(H,34,38)/t23-/m1/s1. The van der Waals surface area contributed by atoms with Crippen molar-refractivity contribution in [3.63, 3.8) is 0 Å². The molecule has 3 heterocycles. The number of halogens is 2.